The van der Waals surface area contributed by atoms with Crippen molar-refractivity contribution < 1.29 is 9.18 Å². The molecule has 1 heterocycles. The number of hydrogen-bond donors (Lipinski definition) is 2. The molecule has 0 aliphatic heterocycles. The number of halogens is 1. The van der Waals surface area contributed by atoms with Gasteiger partial charge in [0.1, 0.15) is 12.1 Å². The number of nitrogens with two attached hydrogens (primary N) is 1. The number of nitrogens with one attached hydrogen (secondary N) is 1. The summed E-state index contributed by atoms with van der Waals surface area (Å²) in [7, 11) is 1.58. The predicted octanol–water partition coefficient (Wildman–Crippen LogP) is 0.332. The molecule has 1 aromatic heterocycles. The molecule has 0 bridgehead atoms. The average Bonchev–Trinajstić information content (AvgIpc) is 2.72. The minimum absolute atomic E-state index is 0.0382. The molecule has 0 aliphatic carbocycles. The number of carbonyl (C=O) groups is 1. The van der Waals surface area contributed by atoms with Gasteiger partial charge >= 0.3 is 5.69 Å². The summed E-state index contributed by atoms with van der Waals surface area (Å²) in [5, 5.41) is 6.41. The summed E-state index contributed by atoms with van der Waals surface area (Å²) in [6.07, 6.45) is 1.45. The fourth-order valence-corrected chi connectivity index (χ4v) is 1.63. The Kier molecular flexibility index (Phi) is 3.83. The van der Waals surface area contributed by atoms with Gasteiger partial charge in [0.25, 0.3) is 0 Å². The van der Waals surface area contributed by atoms with Crippen molar-refractivity contribution in [2.45, 2.75) is 13.0 Å². The van der Waals surface area contributed by atoms with E-state index in [9.17, 15) is 14.0 Å². The lowest BCUT2D eigenvalue weighted by Crippen LogP contribution is -2.25. The molecule has 2 rings (SSSR count). The maximum atomic E-state index is 13.0. The quantitative estimate of drug-likeness (QED) is 0.788. The second-order valence-electron chi connectivity index (χ2n) is 4.28. The summed E-state index contributed by atoms with van der Waals surface area (Å²) in [5.74, 6) is -0.850. The lowest BCUT2D eigenvalue weighted by Gasteiger charge is -2.06. The molecule has 0 spiro atoms. The third-order valence-corrected chi connectivity index (χ3v) is 2.72. The Morgan fingerprint density at radius 1 is 1.50 bits per heavy atom. The van der Waals surface area contributed by atoms with Crippen LogP contribution in [0.15, 0.2) is 29.3 Å². The Labute approximate surface area is 113 Å². The molecule has 0 radical (unpaired) electrons. The number of aryl methyl sites for hydroxylation is 2. The molecule has 0 atom stereocenters. The van der Waals surface area contributed by atoms with Crippen LogP contribution in [0.5, 0.6) is 0 Å². The van der Waals surface area contributed by atoms with E-state index in [4.69, 9.17) is 5.73 Å². The van der Waals surface area contributed by atoms with E-state index in [1.165, 1.54) is 33.8 Å². The second-order valence-corrected chi connectivity index (χ2v) is 4.28. The topological polar surface area (TPSA) is 94.9 Å². The van der Waals surface area contributed by atoms with E-state index in [-0.39, 0.29) is 30.2 Å². The highest BCUT2D eigenvalue weighted by atomic mass is 19.1. The molecule has 1 aromatic carbocycles. The maximum absolute atomic E-state index is 13.0. The Balaban J connectivity index is 1.94. The number of anilines is 2. The van der Waals surface area contributed by atoms with Crippen molar-refractivity contribution in [3.05, 3.63) is 40.8 Å². The smallest absolute Gasteiger partial charge is 0.345 e. The SMILES string of the molecule is Cn1cnn(CCC(=O)Nc2ccc(F)c(N)c2)c1=O. The zero-order chi connectivity index (χ0) is 14.7. The lowest BCUT2D eigenvalue weighted by atomic mass is 10.2. The minimum atomic E-state index is -0.539. The van der Waals surface area contributed by atoms with Crippen LogP contribution in [0, 0.1) is 5.82 Å². The maximum Gasteiger partial charge on any atom is 0.345 e. The van der Waals surface area contributed by atoms with Gasteiger partial charge in [-0.3, -0.25) is 9.36 Å². The molecule has 8 heteroatoms. The van der Waals surface area contributed by atoms with Crippen molar-refractivity contribution in [1.29, 1.82) is 0 Å². The van der Waals surface area contributed by atoms with Crippen LogP contribution in [0.25, 0.3) is 0 Å². The number of carbonyl (C=O) groups excluding carboxylic acids is 1. The Bertz CT molecular complexity index is 691. The molecule has 0 fully saturated rings. The number of rotatable bonds is 4. The largest absolute Gasteiger partial charge is 0.396 e. The van der Waals surface area contributed by atoms with Gasteiger partial charge in [0.05, 0.1) is 12.2 Å². The average molecular weight is 279 g/mol. The van der Waals surface area contributed by atoms with Crippen molar-refractivity contribution in [3.8, 4) is 0 Å². The van der Waals surface area contributed by atoms with Gasteiger partial charge in [0.15, 0.2) is 0 Å². The van der Waals surface area contributed by atoms with E-state index < -0.39 is 5.82 Å². The van der Waals surface area contributed by atoms with Crippen LogP contribution in [-0.2, 0) is 18.4 Å². The van der Waals surface area contributed by atoms with Crippen LogP contribution in [0.4, 0.5) is 15.8 Å². The van der Waals surface area contributed by atoms with Crippen molar-refractivity contribution in [2.24, 2.45) is 7.05 Å². The standard InChI is InChI=1S/C12H14FN5O2/c1-17-7-15-18(12(17)20)5-4-11(19)16-8-2-3-9(13)10(14)6-8/h2-3,6-7H,4-5,14H2,1H3,(H,16,19). The highest BCUT2D eigenvalue weighted by molar-refractivity contribution is 5.91. The summed E-state index contributed by atoms with van der Waals surface area (Å²) < 4.78 is 15.5. The first-order valence-corrected chi connectivity index (χ1v) is 5.90. The van der Waals surface area contributed by atoms with Gasteiger partial charge in [-0.15, -0.1) is 0 Å². The lowest BCUT2D eigenvalue weighted by molar-refractivity contribution is -0.116. The minimum Gasteiger partial charge on any atom is -0.396 e. The number of nitrogens with zero attached hydrogens (tertiary/aromatic N) is 3. The molecule has 20 heavy (non-hydrogen) atoms. The van der Waals surface area contributed by atoms with E-state index in [0.717, 1.165) is 0 Å². The molecule has 1 amide bonds. The molecule has 0 aliphatic rings. The number of benzene rings is 1. The third-order valence-electron chi connectivity index (χ3n) is 2.72. The van der Waals surface area contributed by atoms with Crippen molar-refractivity contribution >= 4 is 17.3 Å². The fourth-order valence-electron chi connectivity index (χ4n) is 1.63. The monoisotopic (exact) mass is 279 g/mol. The first kappa shape index (κ1) is 13.8. The van der Waals surface area contributed by atoms with Crippen molar-refractivity contribution in [2.75, 3.05) is 11.1 Å². The van der Waals surface area contributed by atoms with E-state index >= 15 is 0 Å². The normalized spacial score (nSPS) is 10.5. The molecule has 2 aromatic rings. The van der Waals surface area contributed by atoms with Gasteiger partial charge in [-0.1, -0.05) is 0 Å². The predicted molar refractivity (Wildman–Crippen MR) is 71.5 cm³/mol. The Hall–Kier alpha value is -2.64. The molecule has 7 nitrogen and oxygen atoms in total. The number of hydrogen-bond acceptors (Lipinski definition) is 4. The summed E-state index contributed by atoms with van der Waals surface area (Å²) in [6, 6.07) is 3.92. The molecule has 3 N–H and O–H groups in total. The van der Waals surface area contributed by atoms with Gasteiger partial charge in [-0.25, -0.2) is 13.9 Å². The molecular weight excluding hydrogens is 265 g/mol. The van der Waals surface area contributed by atoms with E-state index in [2.05, 4.69) is 10.4 Å². The van der Waals surface area contributed by atoms with Crippen LogP contribution in [-0.4, -0.2) is 20.3 Å². The summed E-state index contributed by atoms with van der Waals surface area (Å²) in [6.45, 7) is 0.169. The number of nitrogen functional groups attached to an aromatic ring is 1. The van der Waals surface area contributed by atoms with Gasteiger partial charge in [-0.2, -0.15) is 5.10 Å². The summed E-state index contributed by atoms with van der Waals surface area (Å²) >= 11 is 0. The molecule has 0 saturated heterocycles. The molecule has 0 saturated carbocycles. The first-order valence-electron chi connectivity index (χ1n) is 5.90. The summed E-state index contributed by atoms with van der Waals surface area (Å²) in [5.41, 5.74) is 5.48. The molecular formula is C12H14FN5O2. The molecule has 106 valence electrons. The van der Waals surface area contributed by atoms with Crippen LogP contribution in [0.2, 0.25) is 0 Å². The molecule has 0 unspecified atom stereocenters. The van der Waals surface area contributed by atoms with Crippen molar-refractivity contribution in [3.63, 3.8) is 0 Å². The van der Waals surface area contributed by atoms with Crippen LogP contribution in [0.1, 0.15) is 6.42 Å². The van der Waals surface area contributed by atoms with Crippen LogP contribution in [0.3, 0.4) is 0 Å². The Morgan fingerprint density at radius 3 is 2.85 bits per heavy atom. The van der Waals surface area contributed by atoms with Crippen molar-refractivity contribution in [1.82, 2.24) is 14.3 Å². The van der Waals surface area contributed by atoms with Gasteiger partial charge in [0.2, 0.25) is 5.91 Å². The highest BCUT2D eigenvalue weighted by Crippen LogP contribution is 2.16. The Morgan fingerprint density at radius 2 is 2.25 bits per heavy atom. The van der Waals surface area contributed by atoms with Crippen LogP contribution >= 0.6 is 0 Å². The van der Waals surface area contributed by atoms with Crippen LogP contribution < -0.4 is 16.7 Å². The van der Waals surface area contributed by atoms with E-state index in [1.807, 2.05) is 0 Å². The van der Waals surface area contributed by atoms with E-state index in [0.29, 0.717) is 5.69 Å². The first-order chi connectivity index (χ1) is 9.47. The second kappa shape index (κ2) is 5.55. The number of amides is 1. The van der Waals surface area contributed by atoms with Gasteiger partial charge in [0, 0.05) is 19.2 Å². The fraction of sp³-hybridized carbons (Fsp3) is 0.250. The van der Waals surface area contributed by atoms with E-state index in [1.54, 1.807) is 7.05 Å². The van der Waals surface area contributed by atoms with Gasteiger partial charge < -0.3 is 11.1 Å². The zero-order valence-corrected chi connectivity index (χ0v) is 10.8. The highest BCUT2D eigenvalue weighted by Gasteiger charge is 2.07. The zero-order valence-electron chi connectivity index (χ0n) is 10.8. The van der Waals surface area contributed by atoms with Gasteiger partial charge in [-0.05, 0) is 18.2 Å². The third kappa shape index (κ3) is 3.02. The number of aromatic nitrogens is 3. The summed E-state index contributed by atoms with van der Waals surface area (Å²) in [4.78, 5) is 23.2.